The van der Waals surface area contributed by atoms with E-state index in [2.05, 4.69) is 12.2 Å². The molecule has 0 aliphatic carbocycles. The third-order valence-electron chi connectivity index (χ3n) is 1.11. The fraction of sp³-hybridized carbons (Fsp3) is 1.00. The standard InChI is InChI=1S/C5H11NO.Li.H/c1-5-4-7-3-2-6-5;;/h5-6H,2-4H2,1H3;;. The first-order valence-corrected chi connectivity index (χ1v) is 2.71. The molecule has 0 saturated carbocycles. The fourth-order valence-corrected chi connectivity index (χ4v) is 0.697. The molecular formula is C5H12LiNO. The number of nitrogens with one attached hydrogen (secondary N) is 1. The molecule has 8 heavy (non-hydrogen) atoms. The van der Waals surface area contributed by atoms with Gasteiger partial charge in [0.2, 0.25) is 0 Å². The minimum absolute atomic E-state index is 0. The molecule has 0 bridgehead atoms. The van der Waals surface area contributed by atoms with Crippen LogP contribution in [-0.4, -0.2) is 44.7 Å². The van der Waals surface area contributed by atoms with E-state index in [1.54, 1.807) is 0 Å². The average molecular weight is 109 g/mol. The maximum absolute atomic E-state index is 5.12. The third kappa shape index (κ3) is 2.73. The van der Waals surface area contributed by atoms with E-state index >= 15 is 0 Å². The predicted molar refractivity (Wildman–Crippen MR) is 35.4 cm³/mol. The molecular weight excluding hydrogens is 97.0 g/mol. The first-order chi connectivity index (χ1) is 3.39. The van der Waals surface area contributed by atoms with Gasteiger partial charge >= 0.3 is 18.9 Å². The van der Waals surface area contributed by atoms with Gasteiger partial charge in [-0.05, 0) is 6.92 Å². The summed E-state index contributed by atoms with van der Waals surface area (Å²) in [6, 6.07) is 0.564. The first kappa shape index (κ1) is 8.52. The van der Waals surface area contributed by atoms with Crippen LogP contribution in [0.25, 0.3) is 0 Å². The molecule has 0 aromatic carbocycles. The van der Waals surface area contributed by atoms with Crippen molar-refractivity contribution >= 4 is 18.9 Å². The van der Waals surface area contributed by atoms with Gasteiger partial charge in [-0.15, -0.1) is 0 Å². The summed E-state index contributed by atoms with van der Waals surface area (Å²) in [5.41, 5.74) is 0. The van der Waals surface area contributed by atoms with E-state index in [-0.39, 0.29) is 18.9 Å². The molecule has 3 heteroatoms. The van der Waals surface area contributed by atoms with Crippen molar-refractivity contribution in [2.75, 3.05) is 19.8 Å². The van der Waals surface area contributed by atoms with Crippen molar-refractivity contribution in [3.05, 3.63) is 0 Å². The molecule has 1 aliphatic rings. The van der Waals surface area contributed by atoms with Crippen molar-refractivity contribution < 1.29 is 4.74 Å². The average Bonchev–Trinajstić information content (AvgIpc) is 1.69. The van der Waals surface area contributed by atoms with Gasteiger partial charge in [-0.25, -0.2) is 0 Å². The van der Waals surface area contributed by atoms with Gasteiger partial charge in [-0.1, -0.05) is 0 Å². The molecule has 1 aliphatic heterocycles. The minimum atomic E-state index is 0. The monoisotopic (exact) mass is 109 g/mol. The summed E-state index contributed by atoms with van der Waals surface area (Å²) >= 11 is 0. The van der Waals surface area contributed by atoms with Crippen LogP contribution in [0.5, 0.6) is 0 Å². The Morgan fingerprint density at radius 1 is 1.62 bits per heavy atom. The molecule has 44 valence electrons. The molecule has 1 saturated heterocycles. The van der Waals surface area contributed by atoms with Gasteiger partial charge in [0.15, 0.2) is 0 Å². The van der Waals surface area contributed by atoms with Crippen LogP contribution in [0.4, 0.5) is 0 Å². The van der Waals surface area contributed by atoms with Crippen LogP contribution in [-0.2, 0) is 4.74 Å². The molecule has 1 unspecified atom stereocenters. The van der Waals surface area contributed by atoms with Crippen molar-refractivity contribution in [1.29, 1.82) is 0 Å². The Morgan fingerprint density at radius 3 is 2.62 bits per heavy atom. The van der Waals surface area contributed by atoms with E-state index in [0.717, 1.165) is 19.8 Å². The summed E-state index contributed by atoms with van der Waals surface area (Å²) in [5, 5.41) is 3.26. The number of ether oxygens (including phenoxy) is 1. The van der Waals surface area contributed by atoms with E-state index in [9.17, 15) is 0 Å². The Balaban J connectivity index is 0.000000490. The van der Waals surface area contributed by atoms with Gasteiger partial charge in [-0.3, -0.25) is 0 Å². The second-order valence-electron chi connectivity index (χ2n) is 1.93. The molecule has 0 aromatic heterocycles. The summed E-state index contributed by atoms with van der Waals surface area (Å²) in [6.07, 6.45) is 0. The molecule has 1 fully saturated rings. The molecule has 0 radical (unpaired) electrons. The van der Waals surface area contributed by atoms with Crippen molar-refractivity contribution in [1.82, 2.24) is 5.32 Å². The van der Waals surface area contributed by atoms with Gasteiger partial charge in [0.1, 0.15) is 0 Å². The van der Waals surface area contributed by atoms with Crippen LogP contribution in [0, 0.1) is 0 Å². The fourth-order valence-electron chi connectivity index (χ4n) is 0.697. The van der Waals surface area contributed by atoms with Gasteiger partial charge in [0.05, 0.1) is 13.2 Å². The number of rotatable bonds is 0. The Bertz CT molecular complexity index is 54.4. The van der Waals surface area contributed by atoms with E-state index in [4.69, 9.17) is 4.74 Å². The van der Waals surface area contributed by atoms with Crippen molar-refractivity contribution in [2.45, 2.75) is 13.0 Å². The molecule has 0 spiro atoms. The topological polar surface area (TPSA) is 21.3 Å². The zero-order valence-corrected chi connectivity index (χ0v) is 4.61. The molecule has 2 nitrogen and oxygen atoms in total. The van der Waals surface area contributed by atoms with Crippen LogP contribution >= 0.6 is 0 Å². The van der Waals surface area contributed by atoms with Gasteiger partial charge in [-0.2, -0.15) is 0 Å². The Morgan fingerprint density at radius 2 is 2.38 bits per heavy atom. The summed E-state index contributed by atoms with van der Waals surface area (Å²) in [5.74, 6) is 0. The van der Waals surface area contributed by atoms with Crippen molar-refractivity contribution in [3.8, 4) is 0 Å². The molecule has 1 N–H and O–H groups in total. The summed E-state index contributed by atoms with van der Waals surface area (Å²) in [4.78, 5) is 0. The van der Waals surface area contributed by atoms with Gasteiger partial charge < -0.3 is 10.1 Å². The molecule has 0 amide bonds. The number of hydrogen-bond donors (Lipinski definition) is 1. The maximum atomic E-state index is 5.12. The molecule has 1 rings (SSSR count). The van der Waals surface area contributed by atoms with E-state index in [1.165, 1.54) is 0 Å². The Kier molecular flexibility index (Phi) is 4.69. The first-order valence-electron chi connectivity index (χ1n) is 2.71. The Hall–Kier alpha value is 0.517. The van der Waals surface area contributed by atoms with Crippen LogP contribution in [0.1, 0.15) is 6.92 Å². The Labute approximate surface area is 62.2 Å². The molecule has 0 aromatic rings. The quantitative estimate of drug-likeness (QED) is 0.417. The zero-order chi connectivity index (χ0) is 5.11. The van der Waals surface area contributed by atoms with Crippen molar-refractivity contribution in [2.24, 2.45) is 0 Å². The summed E-state index contributed by atoms with van der Waals surface area (Å²) < 4.78 is 5.12. The van der Waals surface area contributed by atoms with Crippen LogP contribution in [0.15, 0.2) is 0 Å². The van der Waals surface area contributed by atoms with Crippen LogP contribution in [0.2, 0.25) is 0 Å². The van der Waals surface area contributed by atoms with E-state index < -0.39 is 0 Å². The van der Waals surface area contributed by atoms with Crippen LogP contribution in [0.3, 0.4) is 0 Å². The normalized spacial score (nSPS) is 28.9. The van der Waals surface area contributed by atoms with Crippen LogP contribution < -0.4 is 5.32 Å². The predicted octanol–water partition coefficient (Wildman–Crippen LogP) is -0.654. The summed E-state index contributed by atoms with van der Waals surface area (Å²) in [6.45, 7) is 4.89. The van der Waals surface area contributed by atoms with E-state index in [1.807, 2.05) is 0 Å². The second kappa shape index (κ2) is 4.40. The third-order valence-corrected chi connectivity index (χ3v) is 1.11. The zero-order valence-electron chi connectivity index (χ0n) is 4.61. The van der Waals surface area contributed by atoms with Gasteiger partial charge in [0.25, 0.3) is 0 Å². The van der Waals surface area contributed by atoms with E-state index in [0.29, 0.717) is 6.04 Å². The number of morpholine rings is 1. The van der Waals surface area contributed by atoms with Gasteiger partial charge in [0, 0.05) is 12.6 Å². The number of hydrogen-bond acceptors (Lipinski definition) is 2. The van der Waals surface area contributed by atoms with Crippen molar-refractivity contribution in [3.63, 3.8) is 0 Å². The molecule has 1 atom stereocenters. The summed E-state index contributed by atoms with van der Waals surface area (Å²) in [7, 11) is 0. The SMILES string of the molecule is CC1COCCN1.[LiH]. The molecule has 1 heterocycles. The second-order valence-corrected chi connectivity index (χ2v) is 1.93.